The number of nitrogens with zero attached hydrogens (tertiary/aromatic N) is 1. The first-order chi connectivity index (χ1) is 8.67. The van der Waals surface area contributed by atoms with Crippen LogP contribution in [-0.2, 0) is 9.47 Å². The van der Waals surface area contributed by atoms with E-state index in [1.54, 1.807) is 13.2 Å². The molecule has 1 fully saturated rings. The van der Waals surface area contributed by atoms with Gasteiger partial charge in [0.05, 0.1) is 18.2 Å². The van der Waals surface area contributed by atoms with Gasteiger partial charge in [0.15, 0.2) is 0 Å². The average Bonchev–Trinajstić information content (AvgIpc) is 2.85. The van der Waals surface area contributed by atoms with Crippen LogP contribution < -0.4 is 5.32 Å². The Labute approximate surface area is 105 Å². The highest BCUT2D eigenvalue weighted by Crippen LogP contribution is 2.23. The first-order valence-electron chi connectivity index (χ1n) is 5.75. The molecule has 1 aromatic rings. The Bertz CT molecular complexity index is 465. The van der Waals surface area contributed by atoms with Gasteiger partial charge in [-0.3, -0.25) is 0 Å². The normalized spacial score (nSPS) is 22.7. The second kappa shape index (κ2) is 5.34. The predicted octanol–water partition coefficient (Wildman–Crippen LogP) is 1.91. The number of anilines is 1. The van der Waals surface area contributed by atoms with Gasteiger partial charge in [-0.1, -0.05) is 0 Å². The maximum absolute atomic E-state index is 13.2. The fourth-order valence-corrected chi connectivity index (χ4v) is 1.98. The number of nitriles is 1. The highest BCUT2D eigenvalue weighted by atomic mass is 19.1. The van der Waals surface area contributed by atoms with E-state index in [1.165, 1.54) is 12.1 Å². The summed E-state index contributed by atoms with van der Waals surface area (Å²) < 4.78 is 24.0. The molecule has 18 heavy (non-hydrogen) atoms. The molecular weight excluding hydrogens is 235 g/mol. The number of methoxy groups -OCH3 is 1. The fraction of sp³-hybridized carbons (Fsp3) is 0.462. The third-order valence-electron chi connectivity index (χ3n) is 3.14. The number of halogens is 1. The Morgan fingerprint density at radius 1 is 1.56 bits per heavy atom. The predicted molar refractivity (Wildman–Crippen MR) is 64.8 cm³/mol. The van der Waals surface area contributed by atoms with E-state index in [0.717, 1.165) is 6.42 Å². The zero-order chi connectivity index (χ0) is 13.0. The van der Waals surface area contributed by atoms with Crippen LogP contribution in [0, 0.1) is 17.1 Å². The molecule has 1 heterocycles. The fourth-order valence-electron chi connectivity index (χ4n) is 1.98. The second-order valence-electron chi connectivity index (χ2n) is 4.38. The number of hydrogen-bond donors (Lipinski definition) is 1. The lowest BCUT2D eigenvalue weighted by molar-refractivity contribution is -0.00620. The molecule has 1 aliphatic heterocycles. The van der Waals surface area contributed by atoms with Crippen LogP contribution in [-0.4, -0.2) is 32.5 Å². The highest BCUT2D eigenvalue weighted by Gasteiger charge is 2.34. The molecule has 4 nitrogen and oxygen atoms in total. The molecule has 1 aliphatic rings. The lowest BCUT2D eigenvalue weighted by Crippen LogP contribution is -2.39. The van der Waals surface area contributed by atoms with Crippen molar-refractivity contribution in [2.45, 2.75) is 12.0 Å². The molecule has 2 rings (SSSR count). The molecule has 0 saturated carbocycles. The van der Waals surface area contributed by atoms with Gasteiger partial charge < -0.3 is 14.8 Å². The standard InChI is InChI=1S/C13H15FN2O2/c1-17-13(2-3-18-9-13)8-16-12-5-10(7-15)4-11(14)6-12/h4-6,16H,2-3,8-9H2,1H3. The number of benzene rings is 1. The summed E-state index contributed by atoms with van der Waals surface area (Å²) >= 11 is 0. The second-order valence-corrected chi connectivity index (χ2v) is 4.38. The Kier molecular flexibility index (Phi) is 3.80. The molecule has 0 aliphatic carbocycles. The van der Waals surface area contributed by atoms with Crippen LogP contribution in [0.15, 0.2) is 18.2 Å². The highest BCUT2D eigenvalue weighted by molar-refractivity contribution is 5.50. The van der Waals surface area contributed by atoms with Crippen molar-refractivity contribution >= 4 is 5.69 Å². The lowest BCUT2D eigenvalue weighted by atomic mass is 10.0. The van der Waals surface area contributed by atoms with Gasteiger partial charge in [-0.25, -0.2) is 4.39 Å². The van der Waals surface area contributed by atoms with E-state index in [0.29, 0.717) is 31.0 Å². The van der Waals surface area contributed by atoms with Crippen LogP contribution in [0.1, 0.15) is 12.0 Å². The van der Waals surface area contributed by atoms with E-state index in [2.05, 4.69) is 5.32 Å². The van der Waals surface area contributed by atoms with Gasteiger partial charge in [0.2, 0.25) is 0 Å². The van der Waals surface area contributed by atoms with Gasteiger partial charge in [-0.15, -0.1) is 0 Å². The van der Waals surface area contributed by atoms with E-state index in [4.69, 9.17) is 14.7 Å². The first-order valence-corrected chi connectivity index (χ1v) is 5.75. The summed E-state index contributed by atoms with van der Waals surface area (Å²) in [7, 11) is 1.64. The summed E-state index contributed by atoms with van der Waals surface area (Å²) in [6.45, 7) is 1.72. The minimum Gasteiger partial charge on any atom is -0.382 e. The van der Waals surface area contributed by atoms with Crippen LogP contribution in [0.4, 0.5) is 10.1 Å². The third-order valence-corrected chi connectivity index (χ3v) is 3.14. The molecule has 1 unspecified atom stereocenters. The van der Waals surface area contributed by atoms with Crippen molar-refractivity contribution in [3.05, 3.63) is 29.6 Å². The third kappa shape index (κ3) is 2.78. The summed E-state index contributed by atoms with van der Waals surface area (Å²) in [4.78, 5) is 0. The molecule has 0 bridgehead atoms. The molecule has 1 N–H and O–H groups in total. The van der Waals surface area contributed by atoms with Gasteiger partial charge in [0.1, 0.15) is 11.4 Å². The van der Waals surface area contributed by atoms with Crippen molar-refractivity contribution in [2.75, 3.05) is 32.2 Å². The average molecular weight is 250 g/mol. The van der Waals surface area contributed by atoms with E-state index in [-0.39, 0.29) is 5.60 Å². The van der Waals surface area contributed by atoms with E-state index in [1.807, 2.05) is 6.07 Å². The lowest BCUT2D eigenvalue weighted by Gasteiger charge is -2.26. The van der Waals surface area contributed by atoms with E-state index >= 15 is 0 Å². The zero-order valence-corrected chi connectivity index (χ0v) is 10.2. The molecule has 1 aromatic carbocycles. The molecule has 1 atom stereocenters. The summed E-state index contributed by atoms with van der Waals surface area (Å²) in [6, 6.07) is 6.10. The topological polar surface area (TPSA) is 54.3 Å². The minimum atomic E-state index is -0.425. The largest absolute Gasteiger partial charge is 0.382 e. The van der Waals surface area contributed by atoms with Crippen LogP contribution in [0.5, 0.6) is 0 Å². The maximum atomic E-state index is 13.2. The van der Waals surface area contributed by atoms with E-state index < -0.39 is 5.82 Å². The molecule has 1 saturated heterocycles. The zero-order valence-electron chi connectivity index (χ0n) is 10.2. The van der Waals surface area contributed by atoms with Crippen LogP contribution >= 0.6 is 0 Å². The Morgan fingerprint density at radius 3 is 3.00 bits per heavy atom. The van der Waals surface area contributed by atoms with Crippen molar-refractivity contribution in [2.24, 2.45) is 0 Å². The Balaban J connectivity index is 2.06. The number of hydrogen-bond acceptors (Lipinski definition) is 4. The number of ether oxygens (including phenoxy) is 2. The van der Waals surface area contributed by atoms with Crippen molar-refractivity contribution in [3.8, 4) is 6.07 Å². The van der Waals surface area contributed by atoms with E-state index in [9.17, 15) is 4.39 Å². The molecule has 0 spiro atoms. The van der Waals surface area contributed by atoms with Gasteiger partial charge in [-0.05, 0) is 18.2 Å². The quantitative estimate of drug-likeness (QED) is 0.887. The summed E-state index contributed by atoms with van der Waals surface area (Å²) in [6.07, 6.45) is 0.803. The molecule has 0 radical (unpaired) electrons. The molecule has 5 heteroatoms. The van der Waals surface area contributed by atoms with Crippen molar-refractivity contribution in [3.63, 3.8) is 0 Å². The summed E-state index contributed by atoms with van der Waals surface area (Å²) in [5.74, 6) is -0.425. The van der Waals surface area contributed by atoms with Gasteiger partial charge in [-0.2, -0.15) is 5.26 Å². The van der Waals surface area contributed by atoms with Crippen molar-refractivity contribution < 1.29 is 13.9 Å². The van der Waals surface area contributed by atoms with Gasteiger partial charge in [0.25, 0.3) is 0 Å². The van der Waals surface area contributed by atoms with Crippen LogP contribution in [0.3, 0.4) is 0 Å². The van der Waals surface area contributed by atoms with Gasteiger partial charge in [0, 0.05) is 32.4 Å². The van der Waals surface area contributed by atoms with Crippen LogP contribution in [0.2, 0.25) is 0 Å². The first kappa shape index (κ1) is 12.8. The number of nitrogens with one attached hydrogen (secondary N) is 1. The summed E-state index contributed by atoms with van der Waals surface area (Å²) in [5.41, 5.74) is 0.514. The molecular formula is C13H15FN2O2. The smallest absolute Gasteiger partial charge is 0.126 e. The molecule has 0 amide bonds. The summed E-state index contributed by atoms with van der Waals surface area (Å²) in [5, 5.41) is 11.9. The monoisotopic (exact) mass is 250 g/mol. The maximum Gasteiger partial charge on any atom is 0.126 e. The number of rotatable bonds is 4. The SMILES string of the molecule is COC1(CNc2cc(F)cc(C#N)c2)CCOC1. The molecule has 96 valence electrons. The minimum absolute atomic E-state index is 0.298. The Hall–Kier alpha value is -1.64. The van der Waals surface area contributed by atoms with Gasteiger partial charge >= 0.3 is 0 Å². The van der Waals surface area contributed by atoms with Crippen LogP contribution in [0.25, 0.3) is 0 Å². The molecule has 0 aromatic heterocycles. The van der Waals surface area contributed by atoms with Crippen molar-refractivity contribution in [1.29, 1.82) is 5.26 Å². The Morgan fingerprint density at radius 2 is 2.39 bits per heavy atom. The van der Waals surface area contributed by atoms with Crippen molar-refractivity contribution in [1.82, 2.24) is 0 Å².